The van der Waals surface area contributed by atoms with Crippen molar-refractivity contribution in [2.45, 2.75) is 180 Å². The van der Waals surface area contributed by atoms with Gasteiger partial charge in [-0.25, -0.2) is 52.4 Å². The molecule has 36 heteroatoms. The average molecular weight is 1490 g/mol. The van der Waals surface area contributed by atoms with Crippen LogP contribution in [-0.4, -0.2) is 138 Å². The van der Waals surface area contributed by atoms with Crippen molar-refractivity contribution in [3.05, 3.63) is 163 Å². The first kappa shape index (κ1) is 86.9. The standard InChI is InChI=1S/C64H84N12O16S4.4Na/c1-61(2,3)49-25-41-21-43-27-50(62(4,5)6)29-45(58(43)90-18-14-74-34-54(66-70-74)38-94(80,81)82)23-47-31-52(64(10,11)12)32-48(60(47)92-20-16-76-36-56(68-72-76)40-96(86,87)88)24-46-30-51(63(7,8)9)28-44(59(46)91-19-15-75-35-55(67-71-75)39-95(83,84)85)22-42(26-49)57(41)89-17-13-73-33-53(65-69-73)37-93(77,78)79;;;;/h25-36H,13-24,37-40H2,1-12H3,(H,77,78,79)(H,80,81,82)(H,83,84,85)(H,86,87,88);;;;/q;4*+1/p-4. The third kappa shape index (κ3) is 25.2. The Labute approximate surface area is 673 Å². The van der Waals surface area contributed by atoms with E-state index in [1.807, 2.05) is 0 Å². The van der Waals surface area contributed by atoms with Crippen LogP contribution < -0.4 is 137 Å². The van der Waals surface area contributed by atoms with Gasteiger partial charge in [0, 0.05) is 50.5 Å². The Kier molecular flexibility index (Phi) is 30.1. The topological polar surface area (TPSA) is 389 Å². The van der Waals surface area contributed by atoms with E-state index in [1.165, 1.54) is 43.5 Å². The molecule has 4 heterocycles. The first-order valence-electron chi connectivity index (χ1n) is 30.9. The molecule has 520 valence electrons. The molecular formula is C64H80N12Na4O16S4. The van der Waals surface area contributed by atoms with Gasteiger partial charge >= 0.3 is 118 Å². The molecule has 0 N–H and O–H groups in total. The first-order chi connectivity index (χ1) is 44.5. The van der Waals surface area contributed by atoms with Crippen molar-refractivity contribution in [1.82, 2.24) is 60.0 Å². The monoisotopic (exact) mass is 1490 g/mol. The third-order valence-electron chi connectivity index (χ3n) is 15.9. The molecule has 28 nitrogen and oxygen atoms in total. The van der Waals surface area contributed by atoms with Crippen LogP contribution in [0.1, 0.15) is 173 Å². The molecule has 4 aromatic heterocycles. The molecule has 9 rings (SSSR count). The second-order valence-electron chi connectivity index (χ2n) is 28.3. The molecule has 0 fully saturated rings. The summed E-state index contributed by atoms with van der Waals surface area (Å²) in [4.78, 5) is 0. The van der Waals surface area contributed by atoms with Gasteiger partial charge in [0.25, 0.3) is 0 Å². The summed E-state index contributed by atoms with van der Waals surface area (Å²) in [5.74, 6) is -1.35. The third-order valence-corrected chi connectivity index (χ3v) is 18.5. The van der Waals surface area contributed by atoms with Crippen LogP contribution in [0.25, 0.3) is 0 Å². The molecule has 1 aliphatic rings. The summed E-state index contributed by atoms with van der Waals surface area (Å²) >= 11 is 0. The van der Waals surface area contributed by atoms with E-state index in [0.29, 0.717) is 23.0 Å². The van der Waals surface area contributed by atoms with Gasteiger partial charge < -0.3 is 37.2 Å². The number of aromatic nitrogens is 12. The number of nitrogens with zero attached hydrogens (tertiary/aromatic N) is 12. The molecule has 0 aliphatic heterocycles. The Hall–Kier alpha value is -3.72. The fourth-order valence-electron chi connectivity index (χ4n) is 11.1. The maximum atomic E-state index is 11.8. The SMILES string of the molecule is CC(C)(C)c1cc2c(OCCn3cc(CS(=O)(=O)[O-])nn3)c(c1)Cc1cc(C(C)(C)C)cc(c1OCCn1cc(CS(=O)(=O)[O-])nn1)Cc1cc(C(C)(C)C)cc(c1OCCn1cc(CS(=O)(=O)[O-])nn1)Cc1cc(C(C)(C)C)cc(c1OCCn1cc(CS(=O)(=O)[O-])nn1)C2.[Na+].[Na+].[Na+].[Na+]. The van der Waals surface area contributed by atoms with Gasteiger partial charge in [0.05, 0.1) is 72.0 Å². The first-order valence-corrected chi connectivity index (χ1v) is 37.2. The van der Waals surface area contributed by atoms with Gasteiger partial charge in [-0.15, -0.1) is 20.4 Å². The molecule has 8 bridgehead atoms. The van der Waals surface area contributed by atoms with Gasteiger partial charge in [-0.05, 0) is 88.4 Å². The Bertz CT molecular complexity index is 3980. The Balaban J connectivity index is 0.00000451. The predicted octanol–water partition coefficient (Wildman–Crippen LogP) is -5.57. The van der Waals surface area contributed by atoms with Crippen molar-refractivity contribution in [2.24, 2.45) is 0 Å². The van der Waals surface area contributed by atoms with Crippen LogP contribution in [0.15, 0.2) is 73.3 Å². The summed E-state index contributed by atoms with van der Waals surface area (Å²) in [6.07, 6.45) is 6.35. The molecule has 0 saturated heterocycles. The van der Waals surface area contributed by atoms with Gasteiger partial charge in [-0.1, -0.05) is 152 Å². The van der Waals surface area contributed by atoms with Crippen molar-refractivity contribution >= 4 is 40.5 Å². The van der Waals surface area contributed by atoms with Crippen molar-refractivity contribution in [1.29, 1.82) is 0 Å². The molecule has 0 radical (unpaired) electrons. The van der Waals surface area contributed by atoms with Crippen molar-refractivity contribution in [3.8, 4) is 23.0 Å². The molecule has 0 saturated carbocycles. The van der Waals surface area contributed by atoms with Crippen LogP contribution in [0.2, 0.25) is 0 Å². The average Bonchev–Trinajstić information content (AvgIpc) is 0.836. The number of ether oxygens (including phenoxy) is 4. The second kappa shape index (κ2) is 34.7. The molecule has 0 spiro atoms. The van der Waals surface area contributed by atoms with E-state index in [1.54, 1.807) is 0 Å². The summed E-state index contributed by atoms with van der Waals surface area (Å²) in [6, 6.07) is 16.9. The summed E-state index contributed by atoms with van der Waals surface area (Å²) in [7, 11) is -18.7. The molecule has 100 heavy (non-hydrogen) atoms. The zero-order valence-electron chi connectivity index (χ0n) is 59.8. The quantitative estimate of drug-likeness (QED) is 0.0402. The largest absolute Gasteiger partial charge is 1.00 e. The second-order valence-corrected chi connectivity index (χ2v) is 33.9. The van der Waals surface area contributed by atoms with E-state index >= 15 is 0 Å². The van der Waals surface area contributed by atoms with Gasteiger partial charge in [0.2, 0.25) is 0 Å². The molecule has 0 unspecified atom stereocenters. The van der Waals surface area contributed by atoms with Crippen LogP contribution in [0, 0.1) is 0 Å². The van der Waals surface area contributed by atoms with Gasteiger partial charge in [0.1, 0.15) is 89.9 Å². The minimum absolute atomic E-state index is 0. The Morgan fingerprint density at radius 2 is 0.480 bits per heavy atom. The molecule has 0 amide bonds. The fraction of sp³-hybridized carbons (Fsp3) is 0.500. The maximum absolute atomic E-state index is 11.8. The number of hydrogen-bond donors (Lipinski definition) is 0. The van der Waals surface area contributed by atoms with Crippen molar-refractivity contribution < 1.29 is 189 Å². The minimum Gasteiger partial charge on any atom is -0.748 e. The van der Waals surface area contributed by atoms with E-state index in [4.69, 9.17) is 18.9 Å². The molecule has 1 aliphatic carbocycles. The van der Waals surface area contributed by atoms with E-state index in [0.717, 1.165) is 66.8 Å². The summed E-state index contributed by atoms with van der Waals surface area (Å²) < 4.78 is 175. The van der Waals surface area contributed by atoms with E-state index in [9.17, 15) is 51.9 Å². The van der Waals surface area contributed by atoms with E-state index in [2.05, 4.69) is 173 Å². The number of fused-ring (bicyclic) bond motifs is 8. The Morgan fingerprint density at radius 1 is 0.320 bits per heavy atom. The minimum atomic E-state index is -4.67. The molecular weight excluding hydrogens is 1410 g/mol. The molecule has 0 atom stereocenters. The van der Waals surface area contributed by atoms with E-state index < -0.39 is 85.1 Å². The molecule has 8 aromatic rings. The fourth-order valence-corrected chi connectivity index (χ4v) is 13.1. The number of benzene rings is 4. The normalized spacial score (nSPS) is 13.1. The summed E-state index contributed by atoms with van der Waals surface area (Å²) in [5, 5.41) is 32.2. The molecule has 4 aromatic carbocycles. The van der Waals surface area contributed by atoms with Crippen molar-refractivity contribution in [3.63, 3.8) is 0 Å². The summed E-state index contributed by atoms with van der Waals surface area (Å²) in [5.41, 5.74) is 7.90. The summed E-state index contributed by atoms with van der Waals surface area (Å²) in [6.45, 7) is 25.6. The Morgan fingerprint density at radius 3 is 0.620 bits per heavy atom. The smallest absolute Gasteiger partial charge is 0.748 e. The van der Waals surface area contributed by atoms with Crippen LogP contribution in [0.4, 0.5) is 0 Å². The van der Waals surface area contributed by atoms with Crippen molar-refractivity contribution in [2.75, 3.05) is 26.4 Å². The zero-order chi connectivity index (χ0) is 70.1. The predicted molar refractivity (Wildman–Crippen MR) is 347 cm³/mol. The number of hydrogen-bond acceptors (Lipinski definition) is 24. The van der Waals surface area contributed by atoms with E-state index in [-0.39, 0.29) is 219 Å². The zero-order valence-corrected chi connectivity index (χ0v) is 71.0. The van der Waals surface area contributed by atoms with Gasteiger partial charge in [-0.2, -0.15) is 0 Å². The maximum Gasteiger partial charge on any atom is 1.00 e. The van der Waals surface area contributed by atoms with Crippen LogP contribution in [0.3, 0.4) is 0 Å². The number of rotatable bonds is 24. The van der Waals surface area contributed by atoms with Crippen LogP contribution in [-0.2, 0) is 137 Å². The van der Waals surface area contributed by atoms with Crippen LogP contribution in [0.5, 0.6) is 23.0 Å². The van der Waals surface area contributed by atoms with Crippen LogP contribution >= 0.6 is 0 Å². The van der Waals surface area contributed by atoms with Gasteiger partial charge in [0.15, 0.2) is 0 Å². The van der Waals surface area contributed by atoms with Gasteiger partial charge in [-0.3, -0.25) is 0 Å².